The van der Waals surface area contributed by atoms with Crippen molar-refractivity contribution in [1.29, 1.82) is 0 Å². The van der Waals surface area contributed by atoms with Gasteiger partial charge in [-0.25, -0.2) is 0 Å². The molecule has 8 heteroatoms. The Labute approximate surface area is 317 Å². The first-order valence-corrected chi connectivity index (χ1v) is 21.6. The molecule has 1 aliphatic rings. The van der Waals surface area contributed by atoms with Crippen LogP contribution >= 0.6 is 15.9 Å². The first kappa shape index (κ1) is 41.5. The van der Waals surface area contributed by atoms with E-state index in [9.17, 15) is 0 Å². The van der Waals surface area contributed by atoms with E-state index >= 15 is 0 Å². The van der Waals surface area contributed by atoms with Gasteiger partial charge >= 0.3 is 0 Å². The lowest BCUT2D eigenvalue weighted by Crippen LogP contribution is -2.66. The lowest BCUT2D eigenvalue weighted by Gasteiger charge is -2.43. The van der Waals surface area contributed by atoms with E-state index in [1.165, 1.54) is 15.9 Å². The highest BCUT2D eigenvalue weighted by molar-refractivity contribution is 9.09. The van der Waals surface area contributed by atoms with Gasteiger partial charge in [0.25, 0.3) is 8.32 Å². The van der Waals surface area contributed by atoms with Crippen LogP contribution in [0.15, 0.2) is 96.6 Å². The van der Waals surface area contributed by atoms with E-state index in [-0.39, 0.29) is 29.6 Å². The summed E-state index contributed by atoms with van der Waals surface area (Å²) >= 11 is 3.78. The number of hydrogen-bond acceptors (Lipinski definition) is 6. The third-order valence-electron chi connectivity index (χ3n) is 10.3. The largest absolute Gasteiger partial charge is 0.497 e. The lowest BCUT2D eigenvalue weighted by atomic mass is 9.92. The molecule has 0 spiro atoms. The SMILES string of the molecule is COCO[C@@H](COCc1ccc(OC)cc1)[C@@H](C)CCC[C@]1(CBr)O[C@@H]1CC/C(C)=C/CCO[Si](c1ccccc1)(c1ccccc1)C(C)(C)C. The molecule has 0 saturated carbocycles. The van der Waals surface area contributed by atoms with Crippen LogP contribution in [0.25, 0.3) is 0 Å². The fraction of sp³-hybridized carbons (Fsp3) is 0.535. The predicted molar refractivity (Wildman–Crippen MR) is 215 cm³/mol. The van der Waals surface area contributed by atoms with Crippen LogP contribution in [0, 0.1) is 5.92 Å². The average molecular weight is 782 g/mol. The van der Waals surface area contributed by atoms with E-state index in [0.29, 0.717) is 25.7 Å². The van der Waals surface area contributed by atoms with Crippen molar-refractivity contribution in [1.82, 2.24) is 0 Å². The van der Waals surface area contributed by atoms with Crippen LogP contribution < -0.4 is 15.1 Å². The number of benzene rings is 3. The number of alkyl halides is 1. The normalized spacial score (nSPS) is 19.1. The highest BCUT2D eigenvalue weighted by Crippen LogP contribution is 2.46. The van der Waals surface area contributed by atoms with Crippen molar-refractivity contribution in [3.8, 4) is 5.75 Å². The van der Waals surface area contributed by atoms with Crippen LogP contribution in [-0.2, 0) is 30.0 Å². The molecule has 280 valence electrons. The molecule has 0 aliphatic carbocycles. The molecule has 1 heterocycles. The second kappa shape index (κ2) is 20.2. The van der Waals surface area contributed by atoms with E-state index in [2.05, 4.69) is 117 Å². The molecule has 0 radical (unpaired) electrons. The quantitative estimate of drug-likeness (QED) is 0.0239. The van der Waals surface area contributed by atoms with Crippen molar-refractivity contribution in [2.75, 3.05) is 39.6 Å². The van der Waals surface area contributed by atoms with Crippen LogP contribution in [0.1, 0.15) is 78.7 Å². The molecular weight excluding hydrogens is 720 g/mol. The van der Waals surface area contributed by atoms with Crippen molar-refractivity contribution in [2.45, 2.75) is 103 Å². The minimum absolute atomic E-state index is 0.0158. The summed E-state index contributed by atoms with van der Waals surface area (Å²) in [5.41, 5.74) is 2.44. The standard InChI is InChI=1S/C43H61BrO6Si/c1-34(16-15-29-49-51(42(3,4)5,38-18-10-8-11-19-38)39-20-12-9-13-21-39)22-27-41-43(32-44,50-41)28-14-17-35(2)40(48-33-45-6)31-47-30-36-23-25-37(46-7)26-24-36/h8-13,16,18-21,23-26,35,40-41H,14-15,17,22,27-33H2,1-7H3/b34-16+/t35-,40-,41+,43+/m0/s1. The highest BCUT2D eigenvalue weighted by Gasteiger charge is 2.54. The summed E-state index contributed by atoms with van der Waals surface area (Å²) in [4.78, 5) is 0. The number of hydrogen-bond donors (Lipinski definition) is 0. The van der Waals surface area contributed by atoms with Gasteiger partial charge in [-0.05, 0) is 78.1 Å². The van der Waals surface area contributed by atoms with E-state index < -0.39 is 8.32 Å². The molecule has 1 saturated heterocycles. The fourth-order valence-corrected chi connectivity index (χ4v) is 12.5. The molecule has 0 aromatic heterocycles. The van der Waals surface area contributed by atoms with Crippen LogP contribution in [0.2, 0.25) is 5.04 Å². The Morgan fingerprint density at radius 3 is 2.18 bits per heavy atom. The molecule has 3 aromatic carbocycles. The second-order valence-electron chi connectivity index (χ2n) is 15.0. The maximum atomic E-state index is 7.09. The highest BCUT2D eigenvalue weighted by atomic mass is 79.9. The third kappa shape index (κ3) is 11.6. The Hall–Kier alpha value is -2.30. The van der Waals surface area contributed by atoms with E-state index in [0.717, 1.165) is 55.2 Å². The maximum Gasteiger partial charge on any atom is 0.261 e. The second-order valence-corrected chi connectivity index (χ2v) is 19.9. The van der Waals surface area contributed by atoms with Crippen molar-refractivity contribution < 1.29 is 28.1 Å². The third-order valence-corrected chi connectivity index (χ3v) is 16.3. The van der Waals surface area contributed by atoms with E-state index in [4.69, 9.17) is 28.1 Å². The Bertz CT molecular complexity index is 1410. The van der Waals surface area contributed by atoms with Gasteiger partial charge in [0, 0.05) is 19.0 Å². The van der Waals surface area contributed by atoms with Crippen LogP contribution in [0.3, 0.4) is 0 Å². The van der Waals surface area contributed by atoms with Gasteiger partial charge in [-0.3, -0.25) is 0 Å². The van der Waals surface area contributed by atoms with Crippen LogP contribution in [0.4, 0.5) is 0 Å². The molecule has 0 bridgehead atoms. The summed E-state index contributed by atoms with van der Waals surface area (Å²) in [6.07, 6.45) is 8.74. The zero-order valence-electron chi connectivity index (χ0n) is 32.0. The van der Waals surface area contributed by atoms with E-state index in [1.807, 2.05) is 24.3 Å². The van der Waals surface area contributed by atoms with Gasteiger partial charge < -0.3 is 28.1 Å². The van der Waals surface area contributed by atoms with Gasteiger partial charge in [-0.2, -0.15) is 0 Å². The topological polar surface area (TPSA) is 58.7 Å². The molecule has 0 amide bonds. The summed E-state index contributed by atoms with van der Waals surface area (Å²) in [7, 11) is 0.823. The van der Waals surface area contributed by atoms with Gasteiger partial charge in [-0.1, -0.05) is 134 Å². The number of epoxide rings is 1. The zero-order chi connectivity index (χ0) is 36.7. The van der Waals surface area contributed by atoms with Crippen LogP contribution in [-0.4, -0.2) is 65.7 Å². The van der Waals surface area contributed by atoms with Crippen molar-refractivity contribution >= 4 is 34.6 Å². The fourth-order valence-electron chi connectivity index (χ4n) is 7.17. The van der Waals surface area contributed by atoms with Gasteiger partial charge in [-0.15, -0.1) is 0 Å². The Morgan fingerprint density at radius 1 is 0.961 bits per heavy atom. The molecular formula is C43H61BrO6Si. The van der Waals surface area contributed by atoms with Crippen molar-refractivity contribution in [2.24, 2.45) is 5.92 Å². The summed E-state index contributed by atoms with van der Waals surface area (Å²) < 4.78 is 36.1. The maximum absolute atomic E-state index is 7.09. The van der Waals surface area contributed by atoms with Gasteiger partial charge in [0.2, 0.25) is 0 Å². The number of halogens is 1. The minimum Gasteiger partial charge on any atom is -0.497 e. The molecule has 4 atom stereocenters. The monoisotopic (exact) mass is 780 g/mol. The summed E-state index contributed by atoms with van der Waals surface area (Å²) in [6, 6.07) is 29.7. The molecule has 0 unspecified atom stereocenters. The summed E-state index contributed by atoms with van der Waals surface area (Å²) in [6.45, 7) is 13.5. The zero-order valence-corrected chi connectivity index (χ0v) is 34.6. The van der Waals surface area contributed by atoms with Gasteiger partial charge in [0.15, 0.2) is 0 Å². The molecule has 0 N–H and O–H groups in total. The molecule has 6 nitrogen and oxygen atoms in total. The van der Waals surface area contributed by atoms with Crippen LogP contribution in [0.5, 0.6) is 5.75 Å². The first-order valence-electron chi connectivity index (χ1n) is 18.5. The summed E-state index contributed by atoms with van der Waals surface area (Å²) in [5, 5.41) is 3.50. The molecule has 4 rings (SSSR count). The summed E-state index contributed by atoms with van der Waals surface area (Å²) in [5.74, 6) is 1.17. The Balaban J connectivity index is 1.23. The lowest BCUT2D eigenvalue weighted by molar-refractivity contribution is -0.117. The molecule has 1 aliphatic heterocycles. The van der Waals surface area contributed by atoms with Crippen molar-refractivity contribution in [3.63, 3.8) is 0 Å². The predicted octanol–water partition coefficient (Wildman–Crippen LogP) is 9.23. The van der Waals surface area contributed by atoms with Crippen molar-refractivity contribution in [3.05, 3.63) is 102 Å². The van der Waals surface area contributed by atoms with Gasteiger partial charge in [0.05, 0.1) is 32.5 Å². The molecule has 3 aromatic rings. The first-order chi connectivity index (χ1) is 24.6. The Morgan fingerprint density at radius 2 is 1.61 bits per heavy atom. The smallest absolute Gasteiger partial charge is 0.261 e. The number of methoxy groups -OCH3 is 2. The van der Waals surface area contributed by atoms with Gasteiger partial charge in [0.1, 0.15) is 18.1 Å². The molecule has 51 heavy (non-hydrogen) atoms. The number of rotatable bonds is 23. The Kier molecular flexibility index (Phi) is 16.4. The average Bonchev–Trinajstić information content (AvgIpc) is 3.85. The number of allylic oxidation sites excluding steroid dienone is 1. The molecule has 1 fully saturated rings. The van der Waals surface area contributed by atoms with E-state index in [1.54, 1.807) is 14.2 Å². The minimum atomic E-state index is -2.51. The number of ether oxygens (including phenoxy) is 5.